The number of ether oxygens (including phenoxy) is 1. The lowest BCUT2D eigenvalue weighted by Gasteiger charge is -2.14. The highest BCUT2D eigenvalue weighted by molar-refractivity contribution is 7.89. The standard InChI is InChI=1S/C14H20N2O3S/c1-19-13-4-3-12(7-13)16-20(17,18)14-5-2-10-8-15-9-11(10)6-14/h2,5-6,12-13,15-16H,3-4,7-9H2,1H3. The molecule has 2 aliphatic rings. The lowest BCUT2D eigenvalue weighted by Crippen LogP contribution is -2.33. The quantitative estimate of drug-likeness (QED) is 0.874. The number of benzene rings is 1. The number of sulfonamides is 1. The summed E-state index contributed by atoms with van der Waals surface area (Å²) in [6, 6.07) is 5.35. The molecule has 1 heterocycles. The lowest BCUT2D eigenvalue weighted by atomic mass is 10.1. The number of fused-ring (bicyclic) bond motifs is 1. The van der Waals surface area contributed by atoms with Gasteiger partial charge in [-0.1, -0.05) is 6.07 Å². The van der Waals surface area contributed by atoms with Crippen LogP contribution in [-0.4, -0.2) is 27.7 Å². The third kappa shape index (κ3) is 2.74. The molecule has 110 valence electrons. The van der Waals surface area contributed by atoms with Crippen molar-refractivity contribution in [3.63, 3.8) is 0 Å². The molecule has 0 bridgehead atoms. The molecule has 20 heavy (non-hydrogen) atoms. The van der Waals surface area contributed by atoms with Gasteiger partial charge in [0.15, 0.2) is 0 Å². The highest BCUT2D eigenvalue weighted by atomic mass is 32.2. The highest BCUT2D eigenvalue weighted by Crippen LogP contribution is 2.24. The average molecular weight is 296 g/mol. The molecular formula is C14H20N2O3S. The molecule has 0 spiro atoms. The van der Waals surface area contributed by atoms with Crippen LogP contribution in [0.4, 0.5) is 0 Å². The van der Waals surface area contributed by atoms with E-state index in [4.69, 9.17) is 4.74 Å². The van der Waals surface area contributed by atoms with Crippen molar-refractivity contribution in [2.75, 3.05) is 7.11 Å². The van der Waals surface area contributed by atoms with Gasteiger partial charge in [0, 0.05) is 26.2 Å². The van der Waals surface area contributed by atoms with Gasteiger partial charge in [-0.05, 0) is 42.5 Å². The molecule has 1 aliphatic carbocycles. The zero-order valence-corrected chi connectivity index (χ0v) is 12.4. The van der Waals surface area contributed by atoms with Crippen molar-refractivity contribution in [2.45, 2.75) is 49.4 Å². The molecule has 2 N–H and O–H groups in total. The minimum absolute atomic E-state index is 0.0173. The Hall–Kier alpha value is -0.950. The molecule has 1 saturated carbocycles. The van der Waals surface area contributed by atoms with Gasteiger partial charge in [0.05, 0.1) is 11.0 Å². The zero-order valence-electron chi connectivity index (χ0n) is 11.6. The van der Waals surface area contributed by atoms with E-state index in [2.05, 4.69) is 10.0 Å². The largest absolute Gasteiger partial charge is 0.381 e. The Labute approximate surface area is 119 Å². The van der Waals surface area contributed by atoms with Crippen LogP contribution >= 0.6 is 0 Å². The molecule has 0 amide bonds. The summed E-state index contributed by atoms with van der Waals surface area (Å²) >= 11 is 0. The summed E-state index contributed by atoms with van der Waals surface area (Å²) in [5.74, 6) is 0. The van der Waals surface area contributed by atoms with E-state index in [1.165, 1.54) is 5.56 Å². The second-order valence-corrected chi connectivity index (χ2v) is 7.24. The highest BCUT2D eigenvalue weighted by Gasteiger charge is 2.29. The fourth-order valence-electron chi connectivity index (χ4n) is 2.99. The molecule has 2 unspecified atom stereocenters. The van der Waals surface area contributed by atoms with Gasteiger partial charge < -0.3 is 10.1 Å². The molecule has 6 heteroatoms. The van der Waals surface area contributed by atoms with Crippen LogP contribution in [0, 0.1) is 0 Å². The van der Waals surface area contributed by atoms with Gasteiger partial charge in [-0.25, -0.2) is 13.1 Å². The van der Waals surface area contributed by atoms with Gasteiger partial charge in [0.2, 0.25) is 10.0 Å². The van der Waals surface area contributed by atoms with Crippen LogP contribution in [0.1, 0.15) is 30.4 Å². The summed E-state index contributed by atoms with van der Waals surface area (Å²) < 4.78 is 32.9. The smallest absolute Gasteiger partial charge is 0.240 e. The van der Waals surface area contributed by atoms with Crippen LogP contribution in [0.25, 0.3) is 0 Å². The fraction of sp³-hybridized carbons (Fsp3) is 0.571. The van der Waals surface area contributed by atoms with Gasteiger partial charge in [0.1, 0.15) is 0 Å². The predicted molar refractivity (Wildman–Crippen MR) is 75.7 cm³/mol. The monoisotopic (exact) mass is 296 g/mol. The molecule has 1 aliphatic heterocycles. The minimum Gasteiger partial charge on any atom is -0.381 e. The van der Waals surface area contributed by atoms with E-state index in [-0.39, 0.29) is 12.1 Å². The van der Waals surface area contributed by atoms with Crippen LogP contribution < -0.4 is 10.0 Å². The molecule has 1 fully saturated rings. The average Bonchev–Trinajstić information content (AvgIpc) is 3.05. The van der Waals surface area contributed by atoms with Crippen molar-refractivity contribution >= 4 is 10.0 Å². The fourth-order valence-corrected chi connectivity index (χ4v) is 4.32. The Balaban J connectivity index is 1.75. The van der Waals surface area contributed by atoms with Crippen LogP contribution in [0.3, 0.4) is 0 Å². The van der Waals surface area contributed by atoms with E-state index in [0.29, 0.717) is 4.90 Å². The van der Waals surface area contributed by atoms with Crippen molar-refractivity contribution in [1.82, 2.24) is 10.0 Å². The van der Waals surface area contributed by atoms with Crippen molar-refractivity contribution in [3.8, 4) is 0 Å². The predicted octanol–water partition coefficient (Wildman–Crippen LogP) is 1.14. The number of nitrogens with one attached hydrogen (secondary N) is 2. The minimum atomic E-state index is -3.43. The van der Waals surface area contributed by atoms with Crippen molar-refractivity contribution < 1.29 is 13.2 Å². The molecule has 0 saturated heterocycles. The molecule has 1 aromatic rings. The Bertz CT molecular complexity index is 600. The molecular weight excluding hydrogens is 276 g/mol. The first kappa shape index (κ1) is 14.0. The maximum absolute atomic E-state index is 12.4. The second kappa shape index (κ2) is 5.44. The van der Waals surface area contributed by atoms with E-state index in [1.807, 2.05) is 6.07 Å². The Morgan fingerprint density at radius 1 is 1.25 bits per heavy atom. The van der Waals surface area contributed by atoms with Crippen LogP contribution in [0.15, 0.2) is 23.1 Å². The normalized spacial score (nSPS) is 25.9. The van der Waals surface area contributed by atoms with E-state index in [9.17, 15) is 8.42 Å². The van der Waals surface area contributed by atoms with Gasteiger partial charge in [-0.2, -0.15) is 0 Å². The summed E-state index contributed by atoms with van der Waals surface area (Å²) in [5.41, 5.74) is 2.26. The summed E-state index contributed by atoms with van der Waals surface area (Å²) in [6.45, 7) is 1.56. The summed E-state index contributed by atoms with van der Waals surface area (Å²) in [6.07, 6.45) is 2.68. The summed E-state index contributed by atoms with van der Waals surface area (Å²) in [4.78, 5) is 0.362. The first-order chi connectivity index (χ1) is 9.58. The van der Waals surface area contributed by atoms with E-state index >= 15 is 0 Å². The SMILES string of the molecule is COC1CCC(NS(=O)(=O)c2ccc3c(c2)CNC3)C1. The van der Waals surface area contributed by atoms with Crippen LogP contribution in [-0.2, 0) is 27.8 Å². The van der Waals surface area contributed by atoms with Crippen molar-refractivity contribution in [1.29, 1.82) is 0 Å². The van der Waals surface area contributed by atoms with Crippen molar-refractivity contribution in [2.24, 2.45) is 0 Å². The first-order valence-corrected chi connectivity index (χ1v) is 8.44. The second-order valence-electron chi connectivity index (χ2n) is 5.52. The van der Waals surface area contributed by atoms with Crippen LogP contribution in [0.5, 0.6) is 0 Å². The first-order valence-electron chi connectivity index (χ1n) is 6.96. The molecule has 1 aromatic carbocycles. The van der Waals surface area contributed by atoms with Crippen molar-refractivity contribution in [3.05, 3.63) is 29.3 Å². The van der Waals surface area contributed by atoms with Gasteiger partial charge in [-0.3, -0.25) is 0 Å². The number of hydrogen-bond acceptors (Lipinski definition) is 4. The van der Waals surface area contributed by atoms with Crippen LogP contribution in [0.2, 0.25) is 0 Å². The molecule has 5 nitrogen and oxygen atoms in total. The third-order valence-corrected chi connectivity index (χ3v) is 5.68. The lowest BCUT2D eigenvalue weighted by molar-refractivity contribution is 0.107. The Morgan fingerprint density at radius 3 is 2.80 bits per heavy atom. The molecule has 0 aromatic heterocycles. The number of hydrogen-bond donors (Lipinski definition) is 2. The number of methoxy groups -OCH3 is 1. The number of rotatable bonds is 4. The summed E-state index contributed by atoms with van der Waals surface area (Å²) in [5, 5.41) is 3.22. The Morgan fingerprint density at radius 2 is 2.05 bits per heavy atom. The molecule has 3 rings (SSSR count). The van der Waals surface area contributed by atoms with E-state index < -0.39 is 10.0 Å². The maximum atomic E-state index is 12.4. The molecule has 0 radical (unpaired) electrons. The topological polar surface area (TPSA) is 67.4 Å². The maximum Gasteiger partial charge on any atom is 0.240 e. The van der Waals surface area contributed by atoms with Gasteiger partial charge in [0.25, 0.3) is 0 Å². The third-order valence-electron chi connectivity index (χ3n) is 4.16. The van der Waals surface area contributed by atoms with E-state index in [0.717, 1.165) is 37.9 Å². The zero-order chi connectivity index (χ0) is 14.2. The van der Waals surface area contributed by atoms with Gasteiger partial charge in [-0.15, -0.1) is 0 Å². The Kier molecular flexibility index (Phi) is 3.81. The van der Waals surface area contributed by atoms with E-state index in [1.54, 1.807) is 19.2 Å². The summed E-state index contributed by atoms with van der Waals surface area (Å²) in [7, 11) is -1.75. The molecule has 2 atom stereocenters. The van der Waals surface area contributed by atoms with Gasteiger partial charge >= 0.3 is 0 Å².